The maximum absolute atomic E-state index is 12.6. The zero-order valence-corrected chi connectivity index (χ0v) is 16.2. The fourth-order valence-corrected chi connectivity index (χ4v) is 2.72. The lowest BCUT2D eigenvalue weighted by Crippen LogP contribution is -2.28. The Hall–Kier alpha value is -3.17. The van der Waals surface area contributed by atoms with E-state index in [9.17, 15) is 22.8 Å². The highest BCUT2D eigenvalue weighted by atomic mass is 19.4. The van der Waals surface area contributed by atoms with Gasteiger partial charge in [0.15, 0.2) is 6.61 Å². The van der Waals surface area contributed by atoms with Gasteiger partial charge < -0.3 is 15.4 Å². The lowest BCUT2D eigenvalue weighted by atomic mass is 10.1. The van der Waals surface area contributed by atoms with E-state index in [1.54, 1.807) is 6.07 Å². The van der Waals surface area contributed by atoms with Crippen molar-refractivity contribution >= 4 is 17.6 Å². The van der Waals surface area contributed by atoms with Crippen LogP contribution in [0.15, 0.2) is 36.7 Å². The molecule has 2 aromatic heterocycles. The van der Waals surface area contributed by atoms with E-state index in [1.807, 2.05) is 6.92 Å². The van der Waals surface area contributed by atoms with E-state index in [2.05, 4.69) is 25.3 Å². The van der Waals surface area contributed by atoms with Crippen LogP contribution in [-0.4, -0.2) is 34.6 Å². The molecule has 3 rings (SSSR count). The number of amides is 2. The number of nitrogens with zero attached hydrogens (tertiary/aromatic N) is 2. The maximum Gasteiger partial charge on any atom is 0.422 e. The first-order chi connectivity index (χ1) is 14.2. The van der Waals surface area contributed by atoms with E-state index in [-0.39, 0.29) is 23.6 Å². The van der Waals surface area contributed by atoms with E-state index >= 15 is 0 Å². The van der Waals surface area contributed by atoms with Crippen molar-refractivity contribution in [2.24, 2.45) is 5.92 Å². The molecule has 7 nitrogen and oxygen atoms in total. The second kappa shape index (κ2) is 9.10. The van der Waals surface area contributed by atoms with E-state index in [1.165, 1.54) is 30.6 Å². The molecule has 0 aliphatic heterocycles. The van der Waals surface area contributed by atoms with Crippen LogP contribution >= 0.6 is 0 Å². The summed E-state index contributed by atoms with van der Waals surface area (Å²) in [5, 5.41) is 5.54. The molecule has 1 saturated carbocycles. The van der Waals surface area contributed by atoms with Gasteiger partial charge in [0.1, 0.15) is 5.82 Å². The molecule has 10 heteroatoms. The van der Waals surface area contributed by atoms with Gasteiger partial charge in [-0.1, -0.05) is 13.0 Å². The number of nitrogens with one attached hydrogen (secondary N) is 2. The van der Waals surface area contributed by atoms with Gasteiger partial charge >= 0.3 is 6.18 Å². The molecule has 1 aliphatic carbocycles. The smallest absolute Gasteiger partial charge is 0.422 e. The van der Waals surface area contributed by atoms with Crippen LogP contribution in [0.3, 0.4) is 0 Å². The van der Waals surface area contributed by atoms with Crippen LogP contribution in [0.5, 0.6) is 5.88 Å². The van der Waals surface area contributed by atoms with E-state index in [0.717, 1.165) is 12.8 Å². The van der Waals surface area contributed by atoms with Crippen molar-refractivity contribution in [2.75, 3.05) is 11.9 Å². The molecular formula is C20H21F3N4O3. The average molecular weight is 422 g/mol. The number of hydrogen-bond donors (Lipinski definition) is 2. The second-order valence-corrected chi connectivity index (χ2v) is 6.96. The fourth-order valence-electron chi connectivity index (χ4n) is 2.72. The van der Waals surface area contributed by atoms with Gasteiger partial charge in [-0.2, -0.15) is 13.2 Å². The number of carbonyl (C=O) groups is 2. The zero-order valence-electron chi connectivity index (χ0n) is 16.2. The number of halogens is 3. The monoisotopic (exact) mass is 422 g/mol. The average Bonchev–Trinajstić information content (AvgIpc) is 3.56. The first kappa shape index (κ1) is 21.5. The van der Waals surface area contributed by atoms with Gasteiger partial charge in [0.2, 0.25) is 11.8 Å². The quantitative estimate of drug-likeness (QED) is 0.678. The molecule has 2 aromatic rings. The molecule has 0 spiro atoms. The van der Waals surface area contributed by atoms with Gasteiger partial charge in [-0.15, -0.1) is 0 Å². The minimum atomic E-state index is -4.44. The first-order valence-corrected chi connectivity index (χ1v) is 9.48. The normalized spacial score (nSPS) is 14.7. The van der Waals surface area contributed by atoms with Gasteiger partial charge in [0, 0.05) is 29.9 Å². The fraction of sp³-hybridized carbons (Fsp3) is 0.400. The van der Waals surface area contributed by atoms with Crippen molar-refractivity contribution < 1.29 is 27.5 Å². The van der Waals surface area contributed by atoms with Crippen LogP contribution in [0.1, 0.15) is 48.1 Å². The molecule has 0 radical (unpaired) electrons. The predicted octanol–water partition coefficient (Wildman–Crippen LogP) is 3.65. The Morgan fingerprint density at radius 1 is 1.23 bits per heavy atom. The SMILES string of the molecule is CCC(NC(=O)c1ccnc(NC(=O)C2CC2)c1)c1ccc(OCC(F)(F)F)nc1. The Balaban J connectivity index is 1.62. The Morgan fingerprint density at radius 2 is 2.00 bits per heavy atom. The first-order valence-electron chi connectivity index (χ1n) is 9.48. The Kier molecular flexibility index (Phi) is 6.53. The summed E-state index contributed by atoms with van der Waals surface area (Å²) in [7, 11) is 0. The van der Waals surface area contributed by atoms with Crippen LogP contribution in [0.4, 0.5) is 19.0 Å². The van der Waals surface area contributed by atoms with Crippen LogP contribution < -0.4 is 15.4 Å². The van der Waals surface area contributed by atoms with Gasteiger partial charge in [-0.05, 0) is 37.0 Å². The minimum absolute atomic E-state index is 0.0179. The summed E-state index contributed by atoms with van der Waals surface area (Å²) in [5.74, 6) is -0.304. The molecule has 2 N–H and O–H groups in total. The van der Waals surface area contributed by atoms with Crippen LogP contribution in [0.2, 0.25) is 0 Å². The number of carbonyl (C=O) groups excluding carboxylic acids is 2. The largest absolute Gasteiger partial charge is 0.468 e. The summed E-state index contributed by atoms with van der Waals surface area (Å²) in [5.41, 5.74) is 0.953. The van der Waals surface area contributed by atoms with Crippen molar-refractivity contribution in [1.29, 1.82) is 0 Å². The molecular weight excluding hydrogens is 401 g/mol. The molecule has 30 heavy (non-hydrogen) atoms. The number of aromatic nitrogens is 2. The van der Waals surface area contributed by atoms with Gasteiger partial charge in [-0.3, -0.25) is 9.59 Å². The minimum Gasteiger partial charge on any atom is -0.468 e. The lowest BCUT2D eigenvalue weighted by Gasteiger charge is -2.18. The molecule has 0 saturated heterocycles. The molecule has 2 amide bonds. The summed E-state index contributed by atoms with van der Waals surface area (Å²) in [4.78, 5) is 32.4. The van der Waals surface area contributed by atoms with Crippen molar-refractivity contribution in [2.45, 2.75) is 38.4 Å². The number of alkyl halides is 3. The highest BCUT2D eigenvalue weighted by Crippen LogP contribution is 2.30. The van der Waals surface area contributed by atoms with Crippen LogP contribution in [0.25, 0.3) is 0 Å². The molecule has 0 aromatic carbocycles. The lowest BCUT2D eigenvalue weighted by molar-refractivity contribution is -0.154. The highest BCUT2D eigenvalue weighted by Gasteiger charge is 2.30. The van der Waals surface area contributed by atoms with Crippen LogP contribution in [0, 0.1) is 5.92 Å². The number of rotatable bonds is 8. The Bertz CT molecular complexity index is 899. The van der Waals surface area contributed by atoms with Crippen molar-refractivity contribution in [3.05, 3.63) is 47.8 Å². The van der Waals surface area contributed by atoms with Crippen molar-refractivity contribution in [1.82, 2.24) is 15.3 Å². The van der Waals surface area contributed by atoms with Crippen molar-refractivity contribution in [3.8, 4) is 5.88 Å². The van der Waals surface area contributed by atoms with Gasteiger partial charge in [0.05, 0.1) is 6.04 Å². The standard InChI is InChI=1S/C20H21F3N4O3/c1-2-15(14-5-6-17(25-10-14)30-11-20(21,22)23)26-19(29)13-7-8-24-16(9-13)27-18(28)12-3-4-12/h5-10,12,15H,2-4,11H2,1H3,(H,26,29)(H,24,27,28). The van der Waals surface area contributed by atoms with Crippen molar-refractivity contribution in [3.63, 3.8) is 0 Å². The van der Waals surface area contributed by atoms with Crippen LogP contribution in [-0.2, 0) is 4.79 Å². The summed E-state index contributed by atoms with van der Waals surface area (Å²) >= 11 is 0. The molecule has 0 bridgehead atoms. The summed E-state index contributed by atoms with van der Waals surface area (Å²) in [6.07, 6.45) is 0.617. The zero-order chi connectivity index (χ0) is 21.7. The molecule has 1 fully saturated rings. The number of ether oxygens (including phenoxy) is 1. The third kappa shape index (κ3) is 6.16. The number of pyridine rings is 2. The topological polar surface area (TPSA) is 93.2 Å². The summed E-state index contributed by atoms with van der Waals surface area (Å²) in [6, 6.07) is 5.50. The molecule has 1 aliphatic rings. The molecule has 1 atom stereocenters. The molecule has 160 valence electrons. The second-order valence-electron chi connectivity index (χ2n) is 6.96. The highest BCUT2D eigenvalue weighted by molar-refractivity contribution is 5.97. The maximum atomic E-state index is 12.6. The third-order valence-electron chi connectivity index (χ3n) is 4.48. The Morgan fingerprint density at radius 3 is 2.60 bits per heavy atom. The molecule has 2 heterocycles. The Labute approximate surface area is 171 Å². The van der Waals surface area contributed by atoms with E-state index in [0.29, 0.717) is 23.4 Å². The van der Waals surface area contributed by atoms with E-state index < -0.39 is 18.8 Å². The summed E-state index contributed by atoms with van der Waals surface area (Å²) < 4.78 is 41.3. The van der Waals surface area contributed by atoms with Gasteiger partial charge in [0.25, 0.3) is 5.91 Å². The summed E-state index contributed by atoms with van der Waals surface area (Å²) in [6.45, 7) is 0.432. The number of anilines is 1. The third-order valence-corrected chi connectivity index (χ3v) is 4.48. The molecule has 1 unspecified atom stereocenters. The van der Waals surface area contributed by atoms with Gasteiger partial charge in [-0.25, -0.2) is 9.97 Å². The number of hydrogen-bond acceptors (Lipinski definition) is 5. The predicted molar refractivity (Wildman–Crippen MR) is 102 cm³/mol. The van der Waals surface area contributed by atoms with E-state index in [4.69, 9.17) is 0 Å².